The summed E-state index contributed by atoms with van der Waals surface area (Å²) in [6.45, 7) is 0. The molecule has 3 aromatic rings. The first-order valence-corrected chi connectivity index (χ1v) is 8.57. The fraction of sp³-hybridized carbons (Fsp3) is 0.312. The highest BCUT2D eigenvalue weighted by atomic mass is 32.1. The van der Waals surface area contributed by atoms with Gasteiger partial charge in [0.2, 0.25) is 0 Å². The Hall–Kier alpha value is -2.61. The number of nitrogens with zero attached hydrogens (tertiary/aromatic N) is 3. The van der Waals surface area contributed by atoms with Crippen molar-refractivity contribution in [3.05, 3.63) is 29.8 Å². The summed E-state index contributed by atoms with van der Waals surface area (Å²) in [5, 5.41) is 8.22. The van der Waals surface area contributed by atoms with Crippen LogP contribution in [-0.4, -0.2) is 33.7 Å². The number of hydrogen-bond acceptors (Lipinski definition) is 6. The van der Waals surface area contributed by atoms with Crippen molar-refractivity contribution in [2.75, 3.05) is 12.8 Å². The highest BCUT2D eigenvalue weighted by Gasteiger charge is 2.21. The van der Waals surface area contributed by atoms with E-state index in [0.29, 0.717) is 22.9 Å². The Balaban J connectivity index is 1.68. The molecule has 1 aliphatic carbocycles. The fourth-order valence-electron chi connectivity index (χ4n) is 2.62. The lowest BCUT2D eigenvalue weighted by molar-refractivity contribution is 0.0917. The van der Waals surface area contributed by atoms with Crippen LogP contribution in [-0.2, 0) is 0 Å². The first-order valence-electron chi connectivity index (χ1n) is 7.75. The van der Waals surface area contributed by atoms with E-state index in [4.69, 9.17) is 10.5 Å². The summed E-state index contributed by atoms with van der Waals surface area (Å²) < 4.78 is 6.74. The number of nitrogens with two attached hydrogens (primary N) is 1. The van der Waals surface area contributed by atoms with E-state index in [1.165, 1.54) is 17.8 Å². The molecule has 1 amide bonds. The van der Waals surface area contributed by atoms with E-state index >= 15 is 0 Å². The third-order valence-electron chi connectivity index (χ3n) is 4.17. The third kappa shape index (κ3) is 2.58. The minimum absolute atomic E-state index is 0.115. The number of aromatic nitrogens is 3. The van der Waals surface area contributed by atoms with Crippen molar-refractivity contribution in [2.45, 2.75) is 25.3 Å². The molecule has 0 saturated heterocycles. The topological polar surface area (TPSA) is 94.5 Å². The van der Waals surface area contributed by atoms with Gasteiger partial charge in [0, 0.05) is 11.6 Å². The van der Waals surface area contributed by atoms with Crippen LogP contribution >= 0.6 is 11.3 Å². The predicted molar refractivity (Wildman–Crippen MR) is 92.4 cm³/mol. The number of carbonyl (C=O) groups is 1. The van der Waals surface area contributed by atoms with Gasteiger partial charge < -0.3 is 15.8 Å². The van der Waals surface area contributed by atoms with Crippen molar-refractivity contribution in [3.8, 4) is 15.8 Å². The molecule has 3 aromatic heterocycles. The highest BCUT2D eigenvalue weighted by Crippen LogP contribution is 2.31. The second-order valence-corrected chi connectivity index (χ2v) is 6.84. The quantitative estimate of drug-likeness (QED) is 0.758. The summed E-state index contributed by atoms with van der Waals surface area (Å²) in [5.41, 5.74) is 7.11. The molecule has 3 N–H and O–H groups in total. The number of fused-ring (bicyclic) bond motifs is 1. The Morgan fingerprint density at radius 1 is 1.42 bits per heavy atom. The van der Waals surface area contributed by atoms with Gasteiger partial charge in [-0.3, -0.25) is 4.79 Å². The fourth-order valence-corrected chi connectivity index (χ4v) is 3.37. The number of rotatable bonds is 4. The van der Waals surface area contributed by atoms with Crippen LogP contribution in [0.5, 0.6) is 5.06 Å². The first kappa shape index (κ1) is 14.9. The molecule has 1 aliphatic rings. The SMILES string of the molecule is COc1ccc(-c2nc3cc(C(=O)NC4CCC4)cc(N)n3n2)s1. The summed E-state index contributed by atoms with van der Waals surface area (Å²) in [7, 11) is 1.62. The van der Waals surface area contributed by atoms with Crippen molar-refractivity contribution < 1.29 is 9.53 Å². The van der Waals surface area contributed by atoms with Crippen LogP contribution in [0.15, 0.2) is 24.3 Å². The van der Waals surface area contributed by atoms with Crippen LogP contribution in [0.25, 0.3) is 16.3 Å². The van der Waals surface area contributed by atoms with Crippen molar-refractivity contribution in [1.29, 1.82) is 0 Å². The maximum absolute atomic E-state index is 12.3. The van der Waals surface area contributed by atoms with Gasteiger partial charge in [0.15, 0.2) is 16.5 Å². The minimum Gasteiger partial charge on any atom is -0.487 e. The molecule has 0 bridgehead atoms. The lowest BCUT2D eigenvalue weighted by atomic mass is 9.93. The maximum atomic E-state index is 12.3. The lowest BCUT2D eigenvalue weighted by Crippen LogP contribution is -2.39. The zero-order valence-corrected chi connectivity index (χ0v) is 14.0. The molecule has 0 aromatic carbocycles. The van der Waals surface area contributed by atoms with E-state index in [1.54, 1.807) is 23.8 Å². The zero-order valence-electron chi connectivity index (χ0n) is 13.2. The van der Waals surface area contributed by atoms with Gasteiger partial charge in [0.25, 0.3) is 5.91 Å². The molecule has 1 saturated carbocycles. The molecular formula is C16H17N5O2S. The van der Waals surface area contributed by atoms with Gasteiger partial charge in [-0.1, -0.05) is 11.3 Å². The average molecular weight is 343 g/mol. The van der Waals surface area contributed by atoms with Gasteiger partial charge in [0.1, 0.15) is 5.82 Å². The van der Waals surface area contributed by atoms with Gasteiger partial charge in [0.05, 0.1) is 12.0 Å². The molecule has 24 heavy (non-hydrogen) atoms. The monoisotopic (exact) mass is 343 g/mol. The molecule has 7 nitrogen and oxygen atoms in total. The van der Waals surface area contributed by atoms with E-state index in [1.807, 2.05) is 12.1 Å². The maximum Gasteiger partial charge on any atom is 0.251 e. The van der Waals surface area contributed by atoms with Crippen molar-refractivity contribution >= 4 is 28.7 Å². The van der Waals surface area contributed by atoms with E-state index in [9.17, 15) is 4.79 Å². The Labute approximate surface area is 142 Å². The number of nitrogen functional groups attached to an aromatic ring is 1. The molecule has 0 unspecified atom stereocenters. The summed E-state index contributed by atoms with van der Waals surface area (Å²) in [4.78, 5) is 17.7. The molecule has 124 valence electrons. The van der Waals surface area contributed by atoms with E-state index < -0.39 is 0 Å². The van der Waals surface area contributed by atoms with Crippen molar-refractivity contribution in [3.63, 3.8) is 0 Å². The van der Waals surface area contributed by atoms with Gasteiger partial charge in [-0.15, -0.1) is 5.10 Å². The van der Waals surface area contributed by atoms with Gasteiger partial charge >= 0.3 is 0 Å². The van der Waals surface area contributed by atoms with Crippen LogP contribution in [0.2, 0.25) is 0 Å². The molecule has 1 fully saturated rings. The Morgan fingerprint density at radius 3 is 2.92 bits per heavy atom. The number of nitrogens with one attached hydrogen (secondary N) is 1. The molecular weight excluding hydrogens is 326 g/mol. The molecule has 4 rings (SSSR count). The Kier molecular flexibility index (Phi) is 3.61. The average Bonchev–Trinajstić information content (AvgIpc) is 3.16. The molecule has 3 heterocycles. The number of carbonyl (C=O) groups excluding carboxylic acids is 1. The van der Waals surface area contributed by atoms with Crippen LogP contribution in [0.3, 0.4) is 0 Å². The van der Waals surface area contributed by atoms with Gasteiger partial charge in [-0.25, -0.2) is 4.98 Å². The largest absolute Gasteiger partial charge is 0.487 e. The normalized spacial score (nSPS) is 14.5. The van der Waals surface area contributed by atoms with E-state index in [2.05, 4.69) is 15.4 Å². The number of ether oxygens (including phenoxy) is 1. The van der Waals surface area contributed by atoms with Gasteiger partial charge in [-0.05, 0) is 43.5 Å². The van der Waals surface area contributed by atoms with E-state index in [0.717, 1.165) is 22.8 Å². The summed E-state index contributed by atoms with van der Waals surface area (Å²) >= 11 is 1.46. The third-order valence-corrected chi connectivity index (χ3v) is 5.21. The number of pyridine rings is 1. The summed E-state index contributed by atoms with van der Waals surface area (Å²) in [6, 6.07) is 7.40. The number of anilines is 1. The second kappa shape index (κ2) is 5.79. The standard InChI is InChI=1S/C16H17N5O2S/c1-23-14-6-5-11(24-14)15-19-13-8-9(7-12(17)21(13)20-15)16(22)18-10-3-2-4-10/h5-8,10H,2-4,17H2,1H3,(H,18,22). The van der Waals surface area contributed by atoms with Crippen molar-refractivity contribution in [2.24, 2.45) is 0 Å². The number of hydrogen-bond donors (Lipinski definition) is 2. The van der Waals surface area contributed by atoms with Crippen LogP contribution in [0.1, 0.15) is 29.6 Å². The summed E-state index contributed by atoms with van der Waals surface area (Å²) in [6.07, 6.45) is 3.25. The molecule has 0 aliphatic heterocycles. The minimum atomic E-state index is -0.115. The summed E-state index contributed by atoms with van der Waals surface area (Å²) in [5.74, 6) is 0.830. The lowest BCUT2D eigenvalue weighted by Gasteiger charge is -2.26. The first-order chi connectivity index (χ1) is 11.6. The zero-order chi connectivity index (χ0) is 16.7. The van der Waals surface area contributed by atoms with Crippen LogP contribution in [0.4, 0.5) is 5.82 Å². The second-order valence-electron chi connectivity index (χ2n) is 5.80. The Morgan fingerprint density at radius 2 is 2.25 bits per heavy atom. The molecule has 0 radical (unpaired) electrons. The number of thiophene rings is 1. The predicted octanol–water partition coefficient (Wildman–Crippen LogP) is 2.33. The van der Waals surface area contributed by atoms with Crippen LogP contribution < -0.4 is 15.8 Å². The highest BCUT2D eigenvalue weighted by molar-refractivity contribution is 7.17. The van der Waals surface area contributed by atoms with E-state index in [-0.39, 0.29) is 11.9 Å². The number of amides is 1. The number of methoxy groups -OCH3 is 1. The van der Waals surface area contributed by atoms with Crippen LogP contribution in [0, 0.1) is 0 Å². The van der Waals surface area contributed by atoms with Crippen molar-refractivity contribution in [1.82, 2.24) is 19.9 Å². The Bertz CT molecular complexity index is 912. The molecule has 8 heteroatoms. The van der Waals surface area contributed by atoms with Gasteiger partial charge in [-0.2, -0.15) is 4.52 Å². The smallest absolute Gasteiger partial charge is 0.251 e. The molecule has 0 spiro atoms. The molecule has 0 atom stereocenters.